The average Bonchev–Trinajstić information content (AvgIpc) is 3.27. The van der Waals surface area contributed by atoms with Crippen LogP contribution in [0.5, 0.6) is 5.75 Å². The minimum absolute atomic E-state index is 0.240. The van der Waals surface area contributed by atoms with Crippen molar-refractivity contribution in [2.75, 3.05) is 26.2 Å². The lowest BCUT2D eigenvalue weighted by Crippen LogP contribution is -2.41. The summed E-state index contributed by atoms with van der Waals surface area (Å²) in [4.78, 5) is 14.6. The third-order valence-electron chi connectivity index (χ3n) is 5.35. The molecule has 0 unspecified atom stereocenters. The van der Waals surface area contributed by atoms with Crippen molar-refractivity contribution in [3.8, 4) is 5.75 Å². The minimum atomic E-state index is 0.240. The third kappa shape index (κ3) is 3.69. The molecule has 1 amide bonds. The van der Waals surface area contributed by atoms with Gasteiger partial charge in [-0.05, 0) is 62.4 Å². The molecule has 4 rings (SSSR count). The summed E-state index contributed by atoms with van der Waals surface area (Å²) >= 11 is 0. The number of piperidine rings is 1. The molecule has 0 atom stereocenters. The molecule has 2 fully saturated rings. The maximum atomic E-state index is 12.1. The van der Waals surface area contributed by atoms with E-state index in [1.165, 1.54) is 24.0 Å². The maximum Gasteiger partial charge on any atom is 0.223 e. The van der Waals surface area contributed by atoms with Crippen LogP contribution in [0.1, 0.15) is 36.8 Å². The van der Waals surface area contributed by atoms with Crippen molar-refractivity contribution < 1.29 is 9.53 Å². The van der Waals surface area contributed by atoms with E-state index in [2.05, 4.69) is 28.4 Å². The first-order valence-corrected chi connectivity index (χ1v) is 9.05. The molecule has 4 nitrogen and oxygen atoms in total. The fraction of sp³-hybridized carbons (Fsp3) is 0.632. The number of ether oxygens (including phenoxy) is 1. The SMILES string of the molecule is O=C(NC1CC1)C1CCN(CCc2ccc3c(c2)CCO3)CC1. The van der Waals surface area contributed by atoms with Crippen LogP contribution in [0.2, 0.25) is 0 Å². The van der Waals surface area contributed by atoms with Gasteiger partial charge in [-0.15, -0.1) is 0 Å². The van der Waals surface area contributed by atoms with E-state index in [4.69, 9.17) is 4.74 Å². The summed E-state index contributed by atoms with van der Waals surface area (Å²) in [5.74, 6) is 1.60. The maximum absolute atomic E-state index is 12.1. The molecule has 1 aromatic carbocycles. The Kier molecular flexibility index (Phi) is 4.25. The Morgan fingerprint density at radius 2 is 2.04 bits per heavy atom. The first-order chi connectivity index (χ1) is 11.3. The first kappa shape index (κ1) is 15.0. The smallest absolute Gasteiger partial charge is 0.223 e. The number of hydrogen-bond donors (Lipinski definition) is 1. The normalized spacial score (nSPS) is 21.7. The number of nitrogens with zero attached hydrogens (tertiary/aromatic N) is 1. The number of carbonyl (C=O) groups is 1. The van der Waals surface area contributed by atoms with Gasteiger partial charge in [0.1, 0.15) is 5.75 Å². The Bertz CT molecular complexity index is 575. The Hall–Kier alpha value is -1.55. The van der Waals surface area contributed by atoms with Crippen LogP contribution in [-0.2, 0) is 17.6 Å². The zero-order chi connectivity index (χ0) is 15.6. The summed E-state index contributed by atoms with van der Waals surface area (Å²) in [5.41, 5.74) is 2.76. The second kappa shape index (κ2) is 6.52. The Morgan fingerprint density at radius 1 is 1.22 bits per heavy atom. The van der Waals surface area contributed by atoms with Gasteiger partial charge in [0.05, 0.1) is 6.61 Å². The van der Waals surface area contributed by atoms with Crippen molar-refractivity contribution in [3.63, 3.8) is 0 Å². The number of hydrogen-bond acceptors (Lipinski definition) is 3. The molecule has 1 saturated heterocycles. The van der Waals surface area contributed by atoms with Gasteiger partial charge in [0.2, 0.25) is 5.91 Å². The highest BCUT2D eigenvalue weighted by Crippen LogP contribution is 2.26. The highest BCUT2D eigenvalue weighted by Gasteiger charge is 2.29. The van der Waals surface area contributed by atoms with Crippen molar-refractivity contribution in [1.82, 2.24) is 10.2 Å². The fourth-order valence-electron chi connectivity index (χ4n) is 3.65. The summed E-state index contributed by atoms with van der Waals surface area (Å²) in [6.07, 6.45) is 6.51. The third-order valence-corrected chi connectivity index (χ3v) is 5.35. The van der Waals surface area contributed by atoms with E-state index in [0.29, 0.717) is 11.9 Å². The van der Waals surface area contributed by atoms with Gasteiger partial charge in [0.25, 0.3) is 0 Å². The molecule has 1 aromatic rings. The zero-order valence-corrected chi connectivity index (χ0v) is 13.7. The predicted molar refractivity (Wildman–Crippen MR) is 89.7 cm³/mol. The van der Waals surface area contributed by atoms with Crippen LogP contribution in [0.15, 0.2) is 18.2 Å². The molecule has 1 N–H and O–H groups in total. The van der Waals surface area contributed by atoms with Gasteiger partial charge in [-0.25, -0.2) is 0 Å². The van der Waals surface area contributed by atoms with Crippen LogP contribution in [-0.4, -0.2) is 43.1 Å². The van der Waals surface area contributed by atoms with Crippen molar-refractivity contribution in [2.24, 2.45) is 5.92 Å². The largest absolute Gasteiger partial charge is 0.493 e. The van der Waals surface area contributed by atoms with Crippen LogP contribution in [0.3, 0.4) is 0 Å². The van der Waals surface area contributed by atoms with E-state index >= 15 is 0 Å². The molecule has 2 heterocycles. The van der Waals surface area contributed by atoms with Crippen molar-refractivity contribution in [3.05, 3.63) is 29.3 Å². The van der Waals surface area contributed by atoms with Gasteiger partial charge in [0, 0.05) is 24.9 Å². The standard InChI is InChI=1S/C19H26N2O2/c22-19(20-17-2-3-17)15-6-10-21(11-7-15)9-5-14-1-4-18-16(13-14)8-12-23-18/h1,4,13,15,17H,2-3,5-12H2,(H,20,22). The van der Waals surface area contributed by atoms with Gasteiger partial charge < -0.3 is 15.0 Å². The van der Waals surface area contributed by atoms with Gasteiger partial charge in [-0.1, -0.05) is 12.1 Å². The van der Waals surface area contributed by atoms with Crippen LogP contribution < -0.4 is 10.1 Å². The van der Waals surface area contributed by atoms with Gasteiger partial charge in [0.15, 0.2) is 0 Å². The van der Waals surface area contributed by atoms with Crippen molar-refractivity contribution in [2.45, 2.75) is 44.6 Å². The molecule has 0 bridgehead atoms. The van der Waals surface area contributed by atoms with E-state index in [1.807, 2.05) is 0 Å². The van der Waals surface area contributed by atoms with Crippen LogP contribution in [0, 0.1) is 5.92 Å². The topological polar surface area (TPSA) is 41.6 Å². The second-order valence-electron chi connectivity index (χ2n) is 7.19. The van der Waals surface area contributed by atoms with Gasteiger partial charge >= 0.3 is 0 Å². The molecular formula is C19H26N2O2. The number of fused-ring (bicyclic) bond motifs is 1. The highest BCUT2D eigenvalue weighted by atomic mass is 16.5. The van der Waals surface area contributed by atoms with E-state index in [9.17, 15) is 4.79 Å². The van der Waals surface area contributed by atoms with E-state index < -0.39 is 0 Å². The number of likely N-dealkylation sites (tertiary alicyclic amines) is 1. The summed E-state index contributed by atoms with van der Waals surface area (Å²) in [5, 5.41) is 3.15. The molecule has 23 heavy (non-hydrogen) atoms. The fourth-order valence-corrected chi connectivity index (χ4v) is 3.65. The number of nitrogens with one attached hydrogen (secondary N) is 1. The van der Waals surface area contributed by atoms with Gasteiger partial charge in [-0.3, -0.25) is 4.79 Å². The quantitative estimate of drug-likeness (QED) is 0.905. The zero-order valence-electron chi connectivity index (χ0n) is 13.7. The van der Waals surface area contributed by atoms with E-state index in [-0.39, 0.29) is 5.92 Å². The molecule has 1 saturated carbocycles. The summed E-state index contributed by atoms with van der Waals surface area (Å²) < 4.78 is 5.57. The number of rotatable bonds is 5. The van der Waals surface area contributed by atoms with Crippen LogP contribution in [0.25, 0.3) is 0 Å². The number of benzene rings is 1. The molecule has 1 aliphatic carbocycles. The summed E-state index contributed by atoms with van der Waals surface area (Å²) in [6, 6.07) is 7.11. The number of amides is 1. The van der Waals surface area contributed by atoms with Crippen molar-refractivity contribution >= 4 is 5.91 Å². The molecule has 124 valence electrons. The van der Waals surface area contributed by atoms with Crippen molar-refractivity contribution in [1.29, 1.82) is 0 Å². The predicted octanol–water partition coefficient (Wildman–Crippen LogP) is 2.15. The molecule has 0 aromatic heterocycles. The van der Waals surface area contributed by atoms with E-state index in [1.54, 1.807) is 0 Å². The lowest BCUT2D eigenvalue weighted by molar-refractivity contribution is -0.126. The average molecular weight is 314 g/mol. The number of carbonyl (C=O) groups excluding carboxylic acids is 1. The summed E-state index contributed by atoms with van der Waals surface area (Å²) in [6.45, 7) is 4.03. The molecule has 2 aliphatic heterocycles. The monoisotopic (exact) mass is 314 g/mol. The lowest BCUT2D eigenvalue weighted by atomic mass is 9.95. The minimum Gasteiger partial charge on any atom is -0.493 e. The Balaban J connectivity index is 1.22. The highest BCUT2D eigenvalue weighted by molar-refractivity contribution is 5.79. The molecule has 4 heteroatoms. The Labute approximate surface area is 138 Å². The van der Waals surface area contributed by atoms with Crippen LogP contribution in [0.4, 0.5) is 0 Å². The van der Waals surface area contributed by atoms with E-state index in [0.717, 1.165) is 57.7 Å². The van der Waals surface area contributed by atoms with Crippen LogP contribution >= 0.6 is 0 Å². The molecule has 0 radical (unpaired) electrons. The molecular weight excluding hydrogens is 288 g/mol. The molecule has 0 spiro atoms. The first-order valence-electron chi connectivity index (χ1n) is 9.05. The second-order valence-corrected chi connectivity index (χ2v) is 7.19. The van der Waals surface area contributed by atoms with Gasteiger partial charge in [-0.2, -0.15) is 0 Å². The lowest BCUT2D eigenvalue weighted by Gasteiger charge is -2.31. The summed E-state index contributed by atoms with van der Waals surface area (Å²) in [7, 11) is 0. The Morgan fingerprint density at radius 3 is 2.83 bits per heavy atom. The molecule has 3 aliphatic rings.